The molecule has 1 aromatic heterocycles. The van der Waals surface area contributed by atoms with Crippen molar-refractivity contribution in [1.29, 1.82) is 0 Å². The SMILES string of the molecule is CC(=O)N1CCC(NCc2cnc(N(C)C)n2C)CC1. The molecule has 20 heavy (non-hydrogen) atoms. The number of hydrogen-bond donors (Lipinski definition) is 1. The van der Waals surface area contributed by atoms with Gasteiger partial charge in [0.1, 0.15) is 0 Å². The molecule has 0 aliphatic carbocycles. The normalized spacial score (nSPS) is 16.5. The van der Waals surface area contributed by atoms with Crippen molar-refractivity contribution in [2.75, 3.05) is 32.1 Å². The van der Waals surface area contributed by atoms with Crippen LogP contribution in [0.2, 0.25) is 0 Å². The number of likely N-dealkylation sites (tertiary alicyclic amines) is 1. The number of hydrogen-bond acceptors (Lipinski definition) is 4. The summed E-state index contributed by atoms with van der Waals surface area (Å²) in [4.78, 5) is 19.6. The fourth-order valence-electron chi connectivity index (χ4n) is 2.66. The highest BCUT2D eigenvalue weighted by atomic mass is 16.2. The summed E-state index contributed by atoms with van der Waals surface area (Å²) in [6.07, 6.45) is 3.98. The van der Waals surface area contributed by atoms with Gasteiger partial charge in [0.2, 0.25) is 11.9 Å². The van der Waals surface area contributed by atoms with Gasteiger partial charge in [-0.25, -0.2) is 4.98 Å². The number of aromatic nitrogens is 2. The standard InChI is InChI=1S/C14H25N5O/c1-11(20)19-7-5-12(6-8-19)15-9-13-10-16-14(17(2)3)18(13)4/h10,12,15H,5-9H2,1-4H3. The zero-order valence-corrected chi connectivity index (χ0v) is 12.9. The summed E-state index contributed by atoms with van der Waals surface area (Å²) in [7, 11) is 6.03. The van der Waals surface area contributed by atoms with E-state index in [1.807, 2.05) is 37.1 Å². The lowest BCUT2D eigenvalue weighted by atomic mass is 10.1. The van der Waals surface area contributed by atoms with E-state index in [-0.39, 0.29) is 5.91 Å². The molecule has 1 fully saturated rings. The largest absolute Gasteiger partial charge is 0.348 e. The van der Waals surface area contributed by atoms with E-state index >= 15 is 0 Å². The summed E-state index contributed by atoms with van der Waals surface area (Å²) in [6.45, 7) is 4.19. The summed E-state index contributed by atoms with van der Waals surface area (Å²) < 4.78 is 2.11. The second kappa shape index (κ2) is 6.26. The van der Waals surface area contributed by atoms with Gasteiger partial charge in [0.15, 0.2) is 0 Å². The van der Waals surface area contributed by atoms with Crippen LogP contribution >= 0.6 is 0 Å². The van der Waals surface area contributed by atoms with Crippen LogP contribution in [0.3, 0.4) is 0 Å². The molecule has 1 aromatic rings. The molecule has 1 N–H and O–H groups in total. The number of imidazole rings is 1. The molecular formula is C14H25N5O. The van der Waals surface area contributed by atoms with Crippen molar-refractivity contribution >= 4 is 11.9 Å². The minimum absolute atomic E-state index is 0.186. The molecule has 112 valence electrons. The van der Waals surface area contributed by atoms with Crippen molar-refractivity contribution in [1.82, 2.24) is 19.8 Å². The molecule has 2 heterocycles. The van der Waals surface area contributed by atoms with Crippen LogP contribution in [0.1, 0.15) is 25.5 Å². The van der Waals surface area contributed by atoms with Gasteiger partial charge in [-0.3, -0.25) is 4.79 Å². The Morgan fingerprint density at radius 1 is 1.45 bits per heavy atom. The fourth-order valence-corrected chi connectivity index (χ4v) is 2.66. The van der Waals surface area contributed by atoms with Gasteiger partial charge in [-0.15, -0.1) is 0 Å². The third-order valence-electron chi connectivity index (χ3n) is 3.97. The predicted octanol–water partition coefficient (Wildman–Crippen LogP) is 0.587. The van der Waals surface area contributed by atoms with E-state index < -0.39 is 0 Å². The first-order chi connectivity index (χ1) is 9.49. The van der Waals surface area contributed by atoms with Gasteiger partial charge in [0, 0.05) is 53.7 Å². The fraction of sp³-hybridized carbons (Fsp3) is 0.714. The summed E-state index contributed by atoms with van der Waals surface area (Å²) in [5.41, 5.74) is 1.18. The summed E-state index contributed by atoms with van der Waals surface area (Å²) in [5, 5.41) is 3.57. The number of piperidine rings is 1. The van der Waals surface area contributed by atoms with Gasteiger partial charge >= 0.3 is 0 Å². The van der Waals surface area contributed by atoms with Crippen LogP contribution in [0.5, 0.6) is 0 Å². The van der Waals surface area contributed by atoms with Crippen LogP contribution in [-0.2, 0) is 18.4 Å². The summed E-state index contributed by atoms with van der Waals surface area (Å²) >= 11 is 0. The first kappa shape index (κ1) is 14.8. The van der Waals surface area contributed by atoms with Gasteiger partial charge < -0.3 is 19.7 Å². The van der Waals surface area contributed by atoms with E-state index in [1.165, 1.54) is 5.69 Å². The lowest BCUT2D eigenvalue weighted by Gasteiger charge is -2.31. The third-order valence-corrected chi connectivity index (χ3v) is 3.97. The maximum Gasteiger partial charge on any atom is 0.219 e. The molecule has 0 spiro atoms. The predicted molar refractivity (Wildman–Crippen MR) is 79.7 cm³/mol. The van der Waals surface area contributed by atoms with E-state index in [0.717, 1.165) is 38.4 Å². The number of rotatable bonds is 4. The van der Waals surface area contributed by atoms with E-state index in [2.05, 4.69) is 14.9 Å². The highest BCUT2D eigenvalue weighted by Crippen LogP contribution is 2.13. The van der Waals surface area contributed by atoms with Crippen LogP contribution in [-0.4, -0.2) is 53.6 Å². The lowest BCUT2D eigenvalue weighted by Crippen LogP contribution is -2.44. The van der Waals surface area contributed by atoms with E-state index in [9.17, 15) is 4.79 Å². The maximum atomic E-state index is 11.3. The zero-order valence-electron chi connectivity index (χ0n) is 12.9. The third kappa shape index (κ3) is 3.30. The number of carbonyl (C=O) groups excluding carboxylic acids is 1. The van der Waals surface area contributed by atoms with Crippen molar-refractivity contribution in [2.45, 2.75) is 32.4 Å². The quantitative estimate of drug-likeness (QED) is 0.876. The molecule has 6 nitrogen and oxygen atoms in total. The van der Waals surface area contributed by atoms with Crippen LogP contribution in [0.25, 0.3) is 0 Å². The molecule has 0 radical (unpaired) electrons. The first-order valence-electron chi connectivity index (χ1n) is 7.16. The van der Waals surface area contributed by atoms with Crippen LogP contribution in [0.15, 0.2) is 6.20 Å². The molecule has 0 saturated carbocycles. The molecule has 6 heteroatoms. The Hall–Kier alpha value is -1.56. The zero-order chi connectivity index (χ0) is 14.7. The number of amides is 1. The Morgan fingerprint density at radius 2 is 2.10 bits per heavy atom. The maximum absolute atomic E-state index is 11.3. The van der Waals surface area contributed by atoms with Gasteiger partial charge in [-0.05, 0) is 12.8 Å². The monoisotopic (exact) mass is 279 g/mol. The highest BCUT2D eigenvalue weighted by molar-refractivity contribution is 5.73. The van der Waals surface area contributed by atoms with Crippen LogP contribution in [0.4, 0.5) is 5.95 Å². The second-order valence-corrected chi connectivity index (χ2v) is 5.66. The highest BCUT2D eigenvalue weighted by Gasteiger charge is 2.20. The summed E-state index contributed by atoms with van der Waals surface area (Å²) in [5.74, 6) is 1.15. The van der Waals surface area contributed by atoms with Gasteiger partial charge in [0.05, 0.1) is 11.9 Å². The molecule has 1 amide bonds. The van der Waals surface area contributed by atoms with Crippen molar-refractivity contribution in [3.05, 3.63) is 11.9 Å². The molecule has 0 atom stereocenters. The van der Waals surface area contributed by atoms with Crippen LogP contribution in [0, 0.1) is 0 Å². The number of nitrogens with zero attached hydrogens (tertiary/aromatic N) is 4. The molecule has 1 aliphatic rings. The van der Waals surface area contributed by atoms with E-state index in [1.54, 1.807) is 6.92 Å². The lowest BCUT2D eigenvalue weighted by molar-refractivity contribution is -0.129. The van der Waals surface area contributed by atoms with Gasteiger partial charge in [-0.1, -0.05) is 0 Å². The molecular weight excluding hydrogens is 254 g/mol. The number of anilines is 1. The number of carbonyl (C=O) groups is 1. The molecule has 1 aliphatic heterocycles. The van der Waals surface area contributed by atoms with Crippen molar-refractivity contribution < 1.29 is 4.79 Å². The van der Waals surface area contributed by atoms with Crippen molar-refractivity contribution in [3.63, 3.8) is 0 Å². The van der Waals surface area contributed by atoms with Gasteiger partial charge in [-0.2, -0.15) is 0 Å². The molecule has 0 aromatic carbocycles. The molecule has 2 rings (SSSR count). The average molecular weight is 279 g/mol. The Balaban J connectivity index is 1.83. The second-order valence-electron chi connectivity index (χ2n) is 5.66. The Kier molecular flexibility index (Phi) is 4.65. The molecule has 0 bridgehead atoms. The topological polar surface area (TPSA) is 53.4 Å². The Bertz CT molecular complexity index is 460. The van der Waals surface area contributed by atoms with Gasteiger partial charge in [0.25, 0.3) is 0 Å². The molecule has 1 saturated heterocycles. The smallest absolute Gasteiger partial charge is 0.219 e. The van der Waals surface area contributed by atoms with Crippen molar-refractivity contribution in [2.24, 2.45) is 7.05 Å². The minimum Gasteiger partial charge on any atom is -0.348 e. The average Bonchev–Trinajstić information content (AvgIpc) is 2.78. The Labute approximate surface area is 120 Å². The van der Waals surface area contributed by atoms with E-state index in [4.69, 9.17) is 0 Å². The number of nitrogens with one attached hydrogen (secondary N) is 1. The van der Waals surface area contributed by atoms with Crippen LogP contribution < -0.4 is 10.2 Å². The van der Waals surface area contributed by atoms with E-state index in [0.29, 0.717) is 6.04 Å². The summed E-state index contributed by atoms with van der Waals surface area (Å²) in [6, 6.07) is 0.489. The van der Waals surface area contributed by atoms with Crippen molar-refractivity contribution in [3.8, 4) is 0 Å². The first-order valence-corrected chi connectivity index (χ1v) is 7.16. The molecule has 0 unspecified atom stereocenters. The Morgan fingerprint density at radius 3 is 2.60 bits per heavy atom. The minimum atomic E-state index is 0.186.